The molecule has 6 aliphatic carbocycles. The minimum Gasteiger partial charge on any atom is -0.481 e. The molecule has 0 spiro atoms. The standard InChI is InChI=1S/C47H69N3O7S2/c1-30(2)32-12-19-47(48-22-23-50-24-26-59(55,56)27-25-50)21-20-44(6)34(38(32)47)8-9-37-43(5)15-13-33(42(3,4)36(43)14-16-45(37,44)7)31-10-17-46(18-11-31,40(53)54)29-57-41-49-35(28-58-41)39(51)52/h10,13,28,32,34,36-38,48H,1,8-9,11-12,14-27,29H2,2-7H3,(H,51,52)(H,53,54)/t32-,34+,36-,37+,38+,43-,44+,45+,46?,47-/m0/s1. The monoisotopic (exact) mass is 851 g/mol. The van der Waals surface area contributed by atoms with Crippen molar-refractivity contribution in [2.75, 3.05) is 44.3 Å². The van der Waals surface area contributed by atoms with Crippen LogP contribution >= 0.6 is 11.3 Å². The zero-order valence-electron chi connectivity index (χ0n) is 36.4. The van der Waals surface area contributed by atoms with Crippen LogP contribution in [0, 0.1) is 56.7 Å². The zero-order valence-corrected chi connectivity index (χ0v) is 38.0. The van der Waals surface area contributed by atoms with Gasteiger partial charge in [-0.3, -0.25) is 4.79 Å². The zero-order chi connectivity index (χ0) is 42.4. The average molecular weight is 852 g/mol. The van der Waals surface area contributed by atoms with Gasteiger partial charge in [0.15, 0.2) is 15.5 Å². The number of hydrogen-bond donors (Lipinski definition) is 3. The molecule has 8 rings (SSSR count). The molecule has 1 aromatic heterocycles. The van der Waals surface area contributed by atoms with Crippen LogP contribution < -0.4 is 10.1 Å². The Morgan fingerprint density at radius 1 is 0.949 bits per heavy atom. The normalized spacial score (nSPS) is 41.3. The number of hydrogen-bond acceptors (Lipinski definition) is 9. The topological polar surface area (TPSA) is 146 Å². The van der Waals surface area contributed by atoms with Crippen LogP contribution in [0.4, 0.5) is 0 Å². The third-order valence-electron chi connectivity index (χ3n) is 18.6. The second-order valence-electron chi connectivity index (χ2n) is 21.4. The van der Waals surface area contributed by atoms with Gasteiger partial charge in [-0.2, -0.15) is 4.98 Å². The van der Waals surface area contributed by atoms with E-state index in [0.29, 0.717) is 61.9 Å². The van der Waals surface area contributed by atoms with Gasteiger partial charge in [0.25, 0.3) is 5.19 Å². The molecule has 0 radical (unpaired) electrons. The van der Waals surface area contributed by atoms with Crippen LogP contribution in [0.15, 0.2) is 40.8 Å². The van der Waals surface area contributed by atoms with Crippen molar-refractivity contribution in [3.05, 3.63) is 46.5 Å². The predicted molar refractivity (Wildman–Crippen MR) is 232 cm³/mol. The maximum atomic E-state index is 12.7. The van der Waals surface area contributed by atoms with E-state index in [1.807, 2.05) is 0 Å². The molecular formula is C47H69N3O7S2. The molecule has 4 saturated carbocycles. The molecule has 0 bridgehead atoms. The second-order valence-corrected chi connectivity index (χ2v) is 24.5. The number of sulfone groups is 1. The summed E-state index contributed by atoms with van der Waals surface area (Å²) < 4.78 is 30.0. The minimum absolute atomic E-state index is 0.0418. The van der Waals surface area contributed by atoms with Gasteiger partial charge in [0.1, 0.15) is 12.0 Å². The number of aromatic nitrogens is 1. The highest BCUT2D eigenvalue weighted by atomic mass is 32.2. The molecule has 0 aromatic carbocycles. The molecule has 0 amide bonds. The van der Waals surface area contributed by atoms with Crippen molar-refractivity contribution < 1.29 is 33.0 Å². The molecule has 1 saturated heterocycles. The van der Waals surface area contributed by atoms with E-state index in [-0.39, 0.29) is 56.2 Å². The van der Waals surface area contributed by atoms with Gasteiger partial charge in [0.2, 0.25) is 0 Å². The van der Waals surface area contributed by atoms with Crippen molar-refractivity contribution in [1.29, 1.82) is 0 Å². The minimum atomic E-state index is -2.89. The molecule has 10 atom stereocenters. The van der Waals surface area contributed by atoms with Crippen LogP contribution in [0.2, 0.25) is 0 Å². The molecular weight excluding hydrogens is 783 g/mol. The van der Waals surface area contributed by atoms with Gasteiger partial charge in [-0.05, 0) is 146 Å². The first-order valence-corrected chi connectivity index (χ1v) is 25.2. The van der Waals surface area contributed by atoms with Gasteiger partial charge in [-0.1, -0.05) is 70.3 Å². The van der Waals surface area contributed by atoms with Crippen molar-refractivity contribution >= 4 is 33.1 Å². The number of nitrogens with one attached hydrogen (secondary N) is 1. The number of carboxylic acids is 2. The van der Waals surface area contributed by atoms with E-state index in [9.17, 15) is 28.2 Å². The summed E-state index contributed by atoms with van der Waals surface area (Å²) in [5.41, 5.74) is 3.56. The SMILES string of the molecule is C=C(C)[C@@H]1CC[C@]2(NCCN3CCS(=O)(=O)CC3)CC[C@]3(C)[C@H](CC[C@@H]4[C@@]5(C)CC=C(C6=CCC(COc7nc(C(=O)O)cs7)(C(=O)O)CC6)C(C)(C)[C@@H]5CC[C@]43C)[C@@H]12. The van der Waals surface area contributed by atoms with E-state index < -0.39 is 27.2 Å². The number of rotatable bonds is 11. The Kier molecular flexibility index (Phi) is 11.0. The van der Waals surface area contributed by atoms with E-state index in [1.54, 1.807) is 0 Å². The number of aromatic carboxylic acids is 1. The maximum Gasteiger partial charge on any atom is 0.355 e. The van der Waals surface area contributed by atoms with Crippen LogP contribution in [0.1, 0.15) is 129 Å². The highest BCUT2D eigenvalue weighted by molar-refractivity contribution is 7.91. The predicted octanol–water partition coefficient (Wildman–Crippen LogP) is 8.67. The van der Waals surface area contributed by atoms with Crippen molar-refractivity contribution in [2.24, 2.45) is 56.7 Å². The lowest BCUT2D eigenvalue weighted by molar-refractivity contribution is -0.221. The third kappa shape index (κ3) is 7.00. The molecule has 1 unspecified atom stereocenters. The summed E-state index contributed by atoms with van der Waals surface area (Å²) in [4.78, 5) is 30.4. The number of aliphatic carboxylic acids is 1. The van der Waals surface area contributed by atoms with Gasteiger partial charge >= 0.3 is 11.9 Å². The van der Waals surface area contributed by atoms with E-state index >= 15 is 0 Å². The summed E-state index contributed by atoms with van der Waals surface area (Å²) in [5, 5.41) is 25.5. The first kappa shape index (κ1) is 43.1. The van der Waals surface area contributed by atoms with Crippen molar-refractivity contribution in [3.8, 4) is 5.19 Å². The lowest BCUT2D eigenvalue weighted by Gasteiger charge is -2.72. The lowest BCUT2D eigenvalue weighted by Crippen LogP contribution is -2.68. The first-order chi connectivity index (χ1) is 27.7. The van der Waals surface area contributed by atoms with Crippen LogP contribution in [0.25, 0.3) is 0 Å². The summed E-state index contributed by atoms with van der Waals surface area (Å²) in [7, 11) is -2.89. The Hall–Kier alpha value is -2.54. The summed E-state index contributed by atoms with van der Waals surface area (Å²) >= 11 is 1.08. The molecule has 1 aliphatic heterocycles. The fourth-order valence-corrected chi connectivity index (χ4v) is 17.1. The summed E-state index contributed by atoms with van der Waals surface area (Å²) in [6.45, 7) is 22.9. The number of ether oxygens (including phenoxy) is 1. The van der Waals surface area contributed by atoms with Crippen molar-refractivity contribution in [1.82, 2.24) is 15.2 Å². The quantitative estimate of drug-likeness (QED) is 0.185. The number of carboxylic acid groups (broad SMARTS) is 2. The van der Waals surface area contributed by atoms with E-state index in [0.717, 1.165) is 30.8 Å². The molecule has 1 aromatic rings. The second kappa shape index (κ2) is 15.1. The largest absolute Gasteiger partial charge is 0.481 e. The fraction of sp³-hybridized carbons (Fsp3) is 0.766. The van der Waals surface area contributed by atoms with Crippen LogP contribution in [-0.4, -0.2) is 90.3 Å². The maximum absolute atomic E-state index is 12.7. The van der Waals surface area contributed by atoms with Crippen LogP contribution in [0.3, 0.4) is 0 Å². The molecule has 326 valence electrons. The molecule has 7 aliphatic rings. The molecule has 5 fully saturated rings. The molecule has 59 heavy (non-hydrogen) atoms. The first-order valence-electron chi connectivity index (χ1n) is 22.5. The number of thiazole rings is 1. The Bertz CT molecular complexity index is 2030. The van der Waals surface area contributed by atoms with Crippen molar-refractivity contribution in [3.63, 3.8) is 0 Å². The number of carbonyl (C=O) groups is 2. The van der Waals surface area contributed by atoms with Crippen LogP contribution in [-0.2, 0) is 14.6 Å². The summed E-state index contributed by atoms with van der Waals surface area (Å²) in [6, 6.07) is 0. The molecule has 10 nitrogen and oxygen atoms in total. The molecule has 3 N–H and O–H groups in total. The average Bonchev–Trinajstić information content (AvgIpc) is 3.81. The van der Waals surface area contributed by atoms with Crippen LogP contribution in [0.5, 0.6) is 5.19 Å². The fourth-order valence-electron chi connectivity index (χ4n) is 15.2. The number of nitrogens with zero attached hydrogens (tertiary/aromatic N) is 2. The van der Waals surface area contributed by atoms with Gasteiger partial charge < -0.3 is 25.2 Å². The van der Waals surface area contributed by atoms with Gasteiger partial charge in [0, 0.05) is 37.1 Å². The Morgan fingerprint density at radius 2 is 1.69 bits per heavy atom. The smallest absolute Gasteiger partial charge is 0.355 e. The van der Waals surface area contributed by atoms with E-state index in [1.165, 1.54) is 73.5 Å². The Labute approximate surface area is 356 Å². The number of allylic oxidation sites excluding steroid dienone is 5. The third-order valence-corrected chi connectivity index (χ3v) is 20.9. The van der Waals surface area contributed by atoms with Gasteiger partial charge in [0.05, 0.1) is 11.5 Å². The summed E-state index contributed by atoms with van der Waals surface area (Å²) in [6.07, 6.45) is 17.1. The number of fused-ring (bicyclic) bond motifs is 7. The summed E-state index contributed by atoms with van der Waals surface area (Å²) in [5.74, 6) is 1.44. The Balaban J connectivity index is 1.000. The van der Waals surface area contributed by atoms with E-state index in [4.69, 9.17) is 4.74 Å². The van der Waals surface area contributed by atoms with E-state index in [2.05, 4.69) is 75.5 Å². The molecule has 2 heterocycles. The highest BCUT2D eigenvalue weighted by Crippen LogP contribution is 2.76. The van der Waals surface area contributed by atoms with Gasteiger partial charge in [-0.25, -0.2) is 13.2 Å². The lowest BCUT2D eigenvalue weighted by atomic mass is 9.33. The van der Waals surface area contributed by atoms with Gasteiger partial charge in [-0.15, -0.1) is 0 Å². The van der Waals surface area contributed by atoms with Crippen molar-refractivity contribution in [2.45, 2.75) is 124 Å². The highest BCUT2D eigenvalue weighted by Gasteiger charge is 2.70. The molecule has 12 heteroatoms. The Morgan fingerprint density at radius 3 is 2.34 bits per heavy atom.